The molecule has 0 aliphatic carbocycles. The van der Waals surface area contributed by atoms with E-state index in [-0.39, 0.29) is 17.9 Å². The summed E-state index contributed by atoms with van der Waals surface area (Å²) in [6, 6.07) is 12.7. The van der Waals surface area contributed by atoms with Gasteiger partial charge in [-0.1, -0.05) is 30.3 Å². The zero-order valence-corrected chi connectivity index (χ0v) is 21.5. The molecular weight excluding hydrogens is 498 g/mol. The number of hydrogen-bond acceptors (Lipinski definition) is 7. The van der Waals surface area contributed by atoms with Crippen LogP contribution in [0.3, 0.4) is 0 Å². The molecule has 37 heavy (non-hydrogen) atoms. The number of nitrogens with zero attached hydrogens (tertiary/aromatic N) is 2. The van der Waals surface area contributed by atoms with Crippen molar-refractivity contribution in [3.05, 3.63) is 60.2 Å². The Balaban J connectivity index is 1.42. The zero-order valence-electron chi connectivity index (χ0n) is 20.7. The van der Waals surface area contributed by atoms with Crippen LogP contribution in [-0.2, 0) is 30.8 Å². The van der Waals surface area contributed by atoms with Gasteiger partial charge >= 0.3 is 12.1 Å². The van der Waals surface area contributed by atoms with Gasteiger partial charge < -0.3 is 19.7 Å². The lowest BCUT2D eigenvalue weighted by atomic mass is 10.0. The molecular formula is C26H31N3O7S. The maximum atomic E-state index is 13.2. The lowest BCUT2D eigenvalue weighted by Gasteiger charge is -2.25. The number of hydrogen-bond donors (Lipinski definition) is 1. The standard InChI is InChI=1S/C26H31N3O7S/c1-35-25(31)22(18-19-11-13-20(14-12-19)36-26(32)28-15-5-6-16-28)27-24(30)23-10-7-17-29(23)37(33,34)21-8-3-2-4-9-21/h2-4,8-9,11-14,22-23H,5-7,10,15-18H2,1H3,(H,27,30)/t22-,23-/m1/s1. The molecule has 2 aromatic carbocycles. The molecule has 0 radical (unpaired) electrons. The van der Waals surface area contributed by atoms with E-state index in [1.165, 1.54) is 23.5 Å². The molecule has 0 unspecified atom stereocenters. The number of ether oxygens (including phenoxy) is 2. The molecule has 11 heteroatoms. The summed E-state index contributed by atoms with van der Waals surface area (Å²) < 4.78 is 37.7. The van der Waals surface area contributed by atoms with Crippen LogP contribution in [0.2, 0.25) is 0 Å². The lowest BCUT2D eigenvalue weighted by Crippen LogP contribution is -2.51. The van der Waals surface area contributed by atoms with E-state index in [4.69, 9.17) is 9.47 Å². The number of carbonyl (C=O) groups excluding carboxylic acids is 3. The summed E-state index contributed by atoms with van der Waals surface area (Å²) in [5.41, 5.74) is 0.705. The molecule has 2 aliphatic rings. The first-order valence-corrected chi connectivity index (χ1v) is 13.7. The van der Waals surface area contributed by atoms with Crippen LogP contribution in [0.5, 0.6) is 5.75 Å². The van der Waals surface area contributed by atoms with E-state index >= 15 is 0 Å². The van der Waals surface area contributed by atoms with Gasteiger partial charge in [0.1, 0.15) is 17.8 Å². The highest BCUT2D eigenvalue weighted by Crippen LogP contribution is 2.26. The van der Waals surface area contributed by atoms with Crippen LogP contribution in [0.4, 0.5) is 4.79 Å². The van der Waals surface area contributed by atoms with Crippen LogP contribution in [-0.4, -0.2) is 74.4 Å². The van der Waals surface area contributed by atoms with Gasteiger partial charge in [0.2, 0.25) is 15.9 Å². The van der Waals surface area contributed by atoms with Crippen LogP contribution in [0, 0.1) is 0 Å². The summed E-state index contributed by atoms with van der Waals surface area (Å²) in [5.74, 6) is -0.816. The number of rotatable bonds is 8. The van der Waals surface area contributed by atoms with E-state index in [9.17, 15) is 22.8 Å². The minimum absolute atomic E-state index is 0.115. The average Bonchev–Trinajstić information content (AvgIpc) is 3.62. The Morgan fingerprint density at radius 2 is 1.65 bits per heavy atom. The highest BCUT2D eigenvalue weighted by atomic mass is 32.2. The summed E-state index contributed by atoms with van der Waals surface area (Å²) in [7, 11) is -2.64. The van der Waals surface area contributed by atoms with Crippen LogP contribution >= 0.6 is 0 Å². The lowest BCUT2D eigenvalue weighted by molar-refractivity contribution is -0.145. The topological polar surface area (TPSA) is 122 Å². The summed E-state index contributed by atoms with van der Waals surface area (Å²) in [6.45, 7) is 1.58. The smallest absolute Gasteiger partial charge is 0.415 e. The molecule has 2 saturated heterocycles. The molecule has 2 atom stereocenters. The first-order chi connectivity index (χ1) is 17.8. The summed E-state index contributed by atoms with van der Waals surface area (Å²) in [6.07, 6.45) is 2.54. The largest absolute Gasteiger partial charge is 0.467 e. The van der Waals surface area contributed by atoms with E-state index in [0.717, 1.165) is 12.8 Å². The van der Waals surface area contributed by atoms with E-state index in [1.54, 1.807) is 47.4 Å². The van der Waals surface area contributed by atoms with Crippen molar-refractivity contribution in [2.45, 2.75) is 49.1 Å². The maximum absolute atomic E-state index is 13.2. The van der Waals surface area contributed by atoms with Gasteiger partial charge in [-0.3, -0.25) is 4.79 Å². The third-order valence-corrected chi connectivity index (χ3v) is 8.51. The quantitative estimate of drug-likeness (QED) is 0.521. The van der Waals surface area contributed by atoms with Crippen molar-refractivity contribution in [3.63, 3.8) is 0 Å². The molecule has 2 fully saturated rings. The zero-order chi connectivity index (χ0) is 26.4. The molecule has 10 nitrogen and oxygen atoms in total. The van der Waals surface area contributed by atoms with Crippen molar-refractivity contribution in [1.29, 1.82) is 0 Å². The molecule has 2 aromatic rings. The second kappa shape index (κ2) is 11.7. The second-order valence-corrected chi connectivity index (χ2v) is 11.0. The third kappa shape index (κ3) is 6.28. The highest BCUT2D eigenvalue weighted by Gasteiger charge is 2.40. The molecule has 2 amide bonds. The molecule has 0 aromatic heterocycles. The molecule has 0 saturated carbocycles. The Kier molecular flexibility index (Phi) is 8.45. The first-order valence-electron chi connectivity index (χ1n) is 12.3. The minimum atomic E-state index is -3.86. The van der Waals surface area contributed by atoms with Gasteiger partial charge in [-0.2, -0.15) is 4.31 Å². The van der Waals surface area contributed by atoms with Crippen LogP contribution in [0.1, 0.15) is 31.2 Å². The van der Waals surface area contributed by atoms with Crippen molar-refractivity contribution < 1.29 is 32.3 Å². The van der Waals surface area contributed by atoms with Gasteiger partial charge in [-0.15, -0.1) is 0 Å². The van der Waals surface area contributed by atoms with Gasteiger partial charge in [-0.25, -0.2) is 18.0 Å². The SMILES string of the molecule is COC(=O)[C@@H](Cc1ccc(OC(=O)N2CCCC2)cc1)NC(=O)[C@H]1CCCN1S(=O)(=O)c1ccccc1. The van der Waals surface area contributed by atoms with E-state index < -0.39 is 40.1 Å². The Morgan fingerprint density at radius 3 is 2.30 bits per heavy atom. The Hall–Kier alpha value is -3.44. The number of esters is 1. The van der Waals surface area contributed by atoms with Crippen molar-refractivity contribution in [2.75, 3.05) is 26.7 Å². The normalized spacial score (nSPS) is 18.8. The molecule has 0 bridgehead atoms. The minimum Gasteiger partial charge on any atom is -0.467 e. The molecule has 198 valence electrons. The monoisotopic (exact) mass is 529 g/mol. The van der Waals surface area contributed by atoms with Crippen LogP contribution in [0.15, 0.2) is 59.5 Å². The molecule has 2 heterocycles. The van der Waals surface area contributed by atoms with Crippen molar-refractivity contribution in [3.8, 4) is 5.75 Å². The third-order valence-electron chi connectivity index (χ3n) is 6.59. The number of likely N-dealkylation sites (tertiary alicyclic amines) is 1. The number of nitrogens with one attached hydrogen (secondary N) is 1. The predicted octanol–water partition coefficient (Wildman–Crippen LogP) is 2.33. The molecule has 4 rings (SSSR count). The Bertz CT molecular complexity index is 1210. The number of methoxy groups -OCH3 is 1. The van der Waals surface area contributed by atoms with Crippen LogP contribution < -0.4 is 10.1 Å². The molecule has 1 N–H and O–H groups in total. The number of carbonyl (C=O) groups is 3. The average molecular weight is 530 g/mol. The fourth-order valence-electron chi connectivity index (χ4n) is 4.62. The highest BCUT2D eigenvalue weighted by molar-refractivity contribution is 7.89. The number of sulfonamides is 1. The van der Waals surface area contributed by atoms with Gasteiger partial charge in [0, 0.05) is 26.1 Å². The first kappa shape index (κ1) is 26.6. The van der Waals surface area contributed by atoms with E-state index in [1.807, 2.05) is 0 Å². The summed E-state index contributed by atoms with van der Waals surface area (Å²) in [5, 5.41) is 2.68. The molecule has 2 aliphatic heterocycles. The van der Waals surface area contributed by atoms with E-state index in [0.29, 0.717) is 37.2 Å². The number of amides is 2. The summed E-state index contributed by atoms with van der Waals surface area (Å²) in [4.78, 5) is 39.6. The summed E-state index contributed by atoms with van der Waals surface area (Å²) >= 11 is 0. The number of benzene rings is 2. The van der Waals surface area contributed by atoms with E-state index in [2.05, 4.69) is 5.32 Å². The fourth-order valence-corrected chi connectivity index (χ4v) is 6.29. The van der Waals surface area contributed by atoms with Crippen LogP contribution in [0.25, 0.3) is 0 Å². The van der Waals surface area contributed by atoms with Crippen molar-refractivity contribution in [1.82, 2.24) is 14.5 Å². The predicted molar refractivity (Wildman–Crippen MR) is 134 cm³/mol. The molecule has 0 spiro atoms. The Labute approximate surface area is 216 Å². The van der Waals surface area contributed by atoms with Gasteiger partial charge in [0.05, 0.1) is 12.0 Å². The second-order valence-electron chi connectivity index (χ2n) is 9.08. The maximum Gasteiger partial charge on any atom is 0.415 e. The Morgan fingerprint density at radius 1 is 0.973 bits per heavy atom. The van der Waals surface area contributed by atoms with Gasteiger partial charge in [0.25, 0.3) is 0 Å². The van der Waals surface area contributed by atoms with Gasteiger partial charge in [0.15, 0.2) is 0 Å². The van der Waals surface area contributed by atoms with Crippen molar-refractivity contribution >= 4 is 28.0 Å². The van der Waals surface area contributed by atoms with Crippen molar-refractivity contribution in [2.24, 2.45) is 0 Å². The van der Waals surface area contributed by atoms with Gasteiger partial charge in [-0.05, 0) is 55.5 Å². The fraction of sp³-hybridized carbons (Fsp3) is 0.423.